The summed E-state index contributed by atoms with van der Waals surface area (Å²) in [7, 11) is 0. The van der Waals surface area contributed by atoms with E-state index in [-0.39, 0.29) is 0 Å². The topological polar surface area (TPSA) is 12.0 Å². The molecule has 1 N–H and O–H groups in total. The zero-order chi connectivity index (χ0) is 12.3. The van der Waals surface area contributed by atoms with Crippen LogP contribution in [0.5, 0.6) is 0 Å². The molecule has 2 rings (SSSR count). The number of hydrogen-bond donors (Lipinski definition) is 1. The average Bonchev–Trinajstić information content (AvgIpc) is 2.78. The van der Waals surface area contributed by atoms with E-state index in [9.17, 15) is 0 Å². The highest BCUT2D eigenvalue weighted by atomic mass is 35.5. The van der Waals surface area contributed by atoms with Gasteiger partial charge in [-0.05, 0) is 42.1 Å². The molecular formula is C13H13Cl2NS. The molecule has 0 radical (unpaired) electrons. The fourth-order valence-corrected chi connectivity index (χ4v) is 2.95. The second kappa shape index (κ2) is 5.87. The van der Waals surface area contributed by atoms with E-state index >= 15 is 0 Å². The number of thiophene rings is 1. The van der Waals surface area contributed by atoms with Crippen LogP contribution in [0.1, 0.15) is 23.4 Å². The Morgan fingerprint density at radius 1 is 1.24 bits per heavy atom. The first-order valence-corrected chi connectivity index (χ1v) is 7.00. The molecule has 4 heteroatoms. The molecule has 0 saturated carbocycles. The van der Waals surface area contributed by atoms with E-state index in [1.54, 1.807) is 17.4 Å². The smallest absolute Gasteiger partial charge is 0.0424 e. The van der Waals surface area contributed by atoms with Crippen molar-refractivity contribution >= 4 is 34.5 Å². The predicted molar refractivity (Wildman–Crippen MR) is 76.0 cm³/mol. The normalized spacial score (nSPS) is 12.6. The van der Waals surface area contributed by atoms with Crippen LogP contribution in [-0.2, 0) is 6.54 Å². The van der Waals surface area contributed by atoms with Crippen molar-refractivity contribution in [1.82, 2.24) is 5.32 Å². The number of halogens is 2. The Balaban J connectivity index is 1.98. The highest BCUT2D eigenvalue weighted by Crippen LogP contribution is 2.21. The van der Waals surface area contributed by atoms with Gasteiger partial charge in [0.05, 0.1) is 0 Å². The molecule has 0 fully saturated rings. The first kappa shape index (κ1) is 12.9. The van der Waals surface area contributed by atoms with Gasteiger partial charge in [0.25, 0.3) is 0 Å². The first-order valence-electron chi connectivity index (χ1n) is 5.37. The molecule has 0 unspecified atom stereocenters. The van der Waals surface area contributed by atoms with Crippen LogP contribution in [0.25, 0.3) is 0 Å². The summed E-state index contributed by atoms with van der Waals surface area (Å²) in [5.74, 6) is 0. The lowest BCUT2D eigenvalue weighted by Gasteiger charge is -2.12. The summed E-state index contributed by atoms with van der Waals surface area (Å²) in [6.45, 7) is 2.91. The lowest BCUT2D eigenvalue weighted by molar-refractivity contribution is 0.583. The summed E-state index contributed by atoms with van der Waals surface area (Å²) in [4.78, 5) is 1.33. The maximum atomic E-state index is 5.95. The van der Waals surface area contributed by atoms with Crippen molar-refractivity contribution < 1.29 is 0 Å². The van der Waals surface area contributed by atoms with Crippen molar-refractivity contribution in [2.24, 2.45) is 0 Å². The minimum atomic E-state index is 0.341. The van der Waals surface area contributed by atoms with Crippen molar-refractivity contribution in [3.8, 4) is 0 Å². The lowest BCUT2D eigenvalue weighted by Crippen LogP contribution is -2.17. The monoisotopic (exact) mass is 285 g/mol. The molecule has 0 amide bonds. The van der Waals surface area contributed by atoms with E-state index in [4.69, 9.17) is 23.2 Å². The highest BCUT2D eigenvalue weighted by molar-refractivity contribution is 7.10. The second-order valence-electron chi connectivity index (χ2n) is 3.90. The van der Waals surface area contributed by atoms with E-state index in [2.05, 4.69) is 29.8 Å². The predicted octanol–water partition coefficient (Wildman–Crippen LogP) is 4.91. The molecule has 0 aliphatic rings. The van der Waals surface area contributed by atoms with E-state index < -0.39 is 0 Å². The molecule has 0 saturated heterocycles. The maximum Gasteiger partial charge on any atom is 0.0424 e. The summed E-state index contributed by atoms with van der Waals surface area (Å²) >= 11 is 13.7. The van der Waals surface area contributed by atoms with Crippen LogP contribution in [0.3, 0.4) is 0 Å². The van der Waals surface area contributed by atoms with Gasteiger partial charge in [0, 0.05) is 27.5 Å². The Labute approximate surface area is 115 Å². The number of hydrogen-bond acceptors (Lipinski definition) is 2. The molecule has 0 bridgehead atoms. The highest BCUT2D eigenvalue weighted by Gasteiger charge is 2.06. The minimum absolute atomic E-state index is 0.341. The van der Waals surface area contributed by atoms with Crippen LogP contribution in [0.15, 0.2) is 35.7 Å². The average molecular weight is 286 g/mol. The van der Waals surface area contributed by atoms with Crippen molar-refractivity contribution in [3.05, 3.63) is 56.2 Å². The summed E-state index contributed by atoms with van der Waals surface area (Å²) < 4.78 is 0. The summed E-state index contributed by atoms with van der Waals surface area (Å²) in [5, 5.41) is 6.89. The standard InChI is InChI=1S/C13H13Cl2NS/c1-9(13-3-2-4-17-13)16-8-10-5-11(14)7-12(15)6-10/h2-7,9,16H,8H2,1H3/t9-/m1/s1. The molecule has 0 aliphatic carbocycles. The van der Waals surface area contributed by atoms with Gasteiger partial charge in [-0.3, -0.25) is 0 Å². The molecule has 0 spiro atoms. The second-order valence-corrected chi connectivity index (χ2v) is 5.75. The fraction of sp³-hybridized carbons (Fsp3) is 0.231. The van der Waals surface area contributed by atoms with Crippen LogP contribution in [-0.4, -0.2) is 0 Å². The molecule has 0 aliphatic heterocycles. The molecule has 2 aromatic rings. The number of benzene rings is 1. The van der Waals surface area contributed by atoms with Gasteiger partial charge in [-0.25, -0.2) is 0 Å². The van der Waals surface area contributed by atoms with E-state index in [1.165, 1.54) is 4.88 Å². The zero-order valence-corrected chi connectivity index (χ0v) is 11.7. The van der Waals surface area contributed by atoms with E-state index in [0.717, 1.165) is 12.1 Å². The Bertz CT molecular complexity index is 462. The van der Waals surface area contributed by atoms with Crippen LogP contribution in [0.2, 0.25) is 10.0 Å². The van der Waals surface area contributed by atoms with Crippen molar-refractivity contribution in [2.75, 3.05) is 0 Å². The maximum absolute atomic E-state index is 5.95. The van der Waals surface area contributed by atoms with Crippen LogP contribution >= 0.6 is 34.5 Å². The van der Waals surface area contributed by atoms with Gasteiger partial charge in [0.2, 0.25) is 0 Å². The molecule has 1 heterocycles. The largest absolute Gasteiger partial charge is 0.305 e. The Morgan fingerprint density at radius 2 is 1.94 bits per heavy atom. The van der Waals surface area contributed by atoms with Gasteiger partial charge in [-0.15, -0.1) is 11.3 Å². The molecule has 17 heavy (non-hydrogen) atoms. The molecule has 1 aromatic carbocycles. The summed E-state index contributed by atoms with van der Waals surface area (Å²) in [6.07, 6.45) is 0. The molecule has 1 aromatic heterocycles. The molecule has 90 valence electrons. The van der Waals surface area contributed by atoms with E-state index in [1.807, 2.05) is 12.1 Å². The van der Waals surface area contributed by atoms with Gasteiger partial charge in [-0.1, -0.05) is 29.3 Å². The summed E-state index contributed by atoms with van der Waals surface area (Å²) in [5.41, 5.74) is 1.10. The third-order valence-corrected chi connectivity index (χ3v) is 4.00. The van der Waals surface area contributed by atoms with Gasteiger partial charge in [-0.2, -0.15) is 0 Å². The van der Waals surface area contributed by atoms with E-state index in [0.29, 0.717) is 16.1 Å². The van der Waals surface area contributed by atoms with Gasteiger partial charge in [0.1, 0.15) is 0 Å². The quantitative estimate of drug-likeness (QED) is 0.842. The molecule has 1 nitrogen and oxygen atoms in total. The third-order valence-electron chi connectivity index (χ3n) is 2.50. The Kier molecular flexibility index (Phi) is 4.46. The van der Waals surface area contributed by atoms with Crippen LogP contribution in [0.4, 0.5) is 0 Å². The van der Waals surface area contributed by atoms with Gasteiger partial charge < -0.3 is 5.32 Å². The van der Waals surface area contributed by atoms with Crippen LogP contribution < -0.4 is 5.32 Å². The molecule has 1 atom stereocenters. The van der Waals surface area contributed by atoms with Gasteiger partial charge in [0.15, 0.2) is 0 Å². The SMILES string of the molecule is C[C@@H](NCc1cc(Cl)cc(Cl)c1)c1cccs1. The minimum Gasteiger partial charge on any atom is -0.305 e. The third kappa shape index (κ3) is 3.71. The fourth-order valence-electron chi connectivity index (χ4n) is 1.62. The number of rotatable bonds is 4. The Morgan fingerprint density at radius 3 is 2.53 bits per heavy atom. The summed E-state index contributed by atoms with van der Waals surface area (Å²) in [6, 6.07) is 10.1. The van der Waals surface area contributed by atoms with Gasteiger partial charge >= 0.3 is 0 Å². The molecular weight excluding hydrogens is 273 g/mol. The first-order chi connectivity index (χ1) is 8.15. The van der Waals surface area contributed by atoms with Crippen LogP contribution in [0, 0.1) is 0 Å². The number of nitrogens with one attached hydrogen (secondary N) is 1. The van der Waals surface area contributed by atoms with Crippen molar-refractivity contribution in [3.63, 3.8) is 0 Å². The zero-order valence-electron chi connectivity index (χ0n) is 9.41. The van der Waals surface area contributed by atoms with Crippen molar-refractivity contribution in [1.29, 1.82) is 0 Å². The van der Waals surface area contributed by atoms with Crippen molar-refractivity contribution in [2.45, 2.75) is 19.5 Å². The lowest BCUT2D eigenvalue weighted by atomic mass is 10.2. The Hall–Kier alpha value is -0.540.